The molecule has 0 radical (unpaired) electrons. The van der Waals surface area contributed by atoms with Gasteiger partial charge in [0.05, 0.1) is 19.9 Å². The average molecular weight is 421 g/mol. The highest BCUT2D eigenvalue weighted by molar-refractivity contribution is 5.89. The Kier molecular flexibility index (Phi) is 5.95. The fraction of sp³-hybridized carbons (Fsp3) is 0.333. The third-order valence-corrected chi connectivity index (χ3v) is 5.60. The number of ether oxygens (including phenoxy) is 3. The quantitative estimate of drug-likeness (QED) is 0.657. The van der Waals surface area contributed by atoms with Crippen molar-refractivity contribution in [1.29, 1.82) is 0 Å². The van der Waals surface area contributed by atoms with E-state index in [-0.39, 0.29) is 5.91 Å². The Hall–Kier alpha value is -3.32. The van der Waals surface area contributed by atoms with Gasteiger partial charge in [-0.2, -0.15) is 0 Å². The van der Waals surface area contributed by atoms with Crippen LogP contribution in [-0.2, 0) is 11.3 Å². The van der Waals surface area contributed by atoms with E-state index in [1.807, 2.05) is 24.3 Å². The van der Waals surface area contributed by atoms with Crippen LogP contribution in [-0.4, -0.2) is 49.7 Å². The molecule has 0 aliphatic carbocycles. The molecule has 7 heteroatoms. The lowest BCUT2D eigenvalue weighted by molar-refractivity contribution is -0.118. The normalized spacial score (nSPS) is 13.9. The number of hydrogen-bond acceptors (Lipinski definition) is 6. The minimum absolute atomic E-state index is 0.304. The standard InChI is InChI=1S/C24H27N3O4/c1-15-11-19(26-23-18(15)5-4-6-20(23)29-2)16-12-17-14-27(8-7-22(25)28)9-10-31-24(17)21(13-16)30-3/h4-6,11-13H,7-10,14H2,1-3H3,(H2,25,28). The lowest BCUT2D eigenvalue weighted by atomic mass is 10.0. The first kappa shape index (κ1) is 20.9. The number of carbonyl (C=O) groups excluding carboxylic acids is 1. The van der Waals surface area contributed by atoms with Crippen LogP contribution in [0.15, 0.2) is 36.4 Å². The fourth-order valence-electron chi connectivity index (χ4n) is 4.00. The summed E-state index contributed by atoms with van der Waals surface area (Å²) in [7, 11) is 3.29. The monoisotopic (exact) mass is 421 g/mol. The molecule has 31 heavy (non-hydrogen) atoms. The number of aryl methyl sites for hydroxylation is 1. The Bertz CT molecular complexity index is 1130. The highest BCUT2D eigenvalue weighted by Gasteiger charge is 2.21. The molecule has 2 aromatic carbocycles. The Labute approximate surface area is 181 Å². The number of fused-ring (bicyclic) bond motifs is 2. The smallest absolute Gasteiger partial charge is 0.218 e. The van der Waals surface area contributed by atoms with E-state index in [1.165, 1.54) is 0 Å². The number of rotatable bonds is 6. The van der Waals surface area contributed by atoms with Gasteiger partial charge in [-0.1, -0.05) is 12.1 Å². The number of nitrogens with zero attached hydrogens (tertiary/aromatic N) is 2. The van der Waals surface area contributed by atoms with Crippen LogP contribution in [0.2, 0.25) is 0 Å². The zero-order valence-corrected chi connectivity index (χ0v) is 18.1. The molecule has 1 aliphatic rings. The van der Waals surface area contributed by atoms with Gasteiger partial charge in [0.1, 0.15) is 17.9 Å². The first-order valence-corrected chi connectivity index (χ1v) is 10.3. The zero-order chi connectivity index (χ0) is 22.0. The van der Waals surface area contributed by atoms with E-state index in [9.17, 15) is 4.79 Å². The number of hydrogen-bond donors (Lipinski definition) is 1. The fourth-order valence-corrected chi connectivity index (χ4v) is 4.00. The number of benzene rings is 2. The first-order valence-electron chi connectivity index (χ1n) is 10.3. The summed E-state index contributed by atoms with van der Waals surface area (Å²) in [5.41, 5.74) is 10.1. The molecule has 4 rings (SSSR count). The number of primary amides is 1. The third kappa shape index (κ3) is 4.27. The van der Waals surface area contributed by atoms with Crippen molar-refractivity contribution in [1.82, 2.24) is 9.88 Å². The summed E-state index contributed by atoms with van der Waals surface area (Å²) in [6.45, 7) is 4.54. The van der Waals surface area contributed by atoms with E-state index in [0.717, 1.165) is 44.8 Å². The topological polar surface area (TPSA) is 86.9 Å². The average Bonchev–Trinajstić information content (AvgIpc) is 2.98. The van der Waals surface area contributed by atoms with Crippen molar-refractivity contribution < 1.29 is 19.0 Å². The molecule has 0 atom stereocenters. The van der Waals surface area contributed by atoms with E-state index >= 15 is 0 Å². The van der Waals surface area contributed by atoms with Gasteiger partial charge in [-0.25, -0.2) is 4.98 Å². The SMILES string of the molecule is COc1cc(-c2cc(C)c3cccc(OC)c3n2)cc2c1OCCN(CCC(N)=O)C2. The van der Waals surface area contributed by atoms with Crippen molar-refractivity contribution in [2.45, 2.75) is 19.9 Å². The molecule has 2 heterocycles. The third-order valence-electron chi connectivity index (χ3n) is 5.60. The Morgan fingerprint density at radius 2 is 2.00 bits per heavy atom. The summed E-state index contributed by atoms with van der Waals surface area (Å²) in [6.07, 6.45) is 0.317. The molecule has 3 aromatic rings. The molecule has 1 amide bonds. The molecule has 0 bridgehead atoms. The number of methoxy groups -OCH3 is 2. The molecule has 0 spiro atoms. The van der Waals surface area contributed by atoms with Crippen molar-refractivity contribution >= 4 is 16.8 Å². The number of carbonyl (C=O) groups is 1. The van der Waals surface area contributed by atoms with Gasteiger partial charge in [-0.05, 0) is 36.8 Å². The van der Waals surface area contributed by atoms with Crippen LogP contribution in [0.1, 0.15) is 17.5 Å². The van der Waals surface area contributed by atoms with Gasteiger partial charge in [-0.3, -0.25) is 9.69 Å². The van der Waals surface area contributed by atoms with E-state index in [0.29, 0.717) is 38.4 Å². The molecule has 162 valence electrons. The Morgan fingerprint density at radius 1 is 1.19 bits per heavy atom. The molecule has 1 aromatic heterocycles. The number of amides is 1. The maximum atomic E-state index is 11.2. The molecular weight excluding hydrogens is 394 g/mol. The van der Waals surface area contributed by atoms with Crippen molar-refractivity contribution in [2.75, 3.05) is 33.9 Å². The van der Waals surface area contributed by atoms with Crippen LogP contribution in [0.4, 0.5) is 0 Å². The van der Waals surface area contributed by atoms with Gasteiger partial charge < -0.3 is 19.9 Å². The number of pyridine rings is 1. The van der Waals surface area contributed by atoms with Gasteiger partial charge in [0.15, 0.2) is 11.5 Å². The summed E-state index contributed by atoms with van der Waals surface area (Å²) in [5, 5.41) is 1.06. The second-order valence-electron chi connectivity index (χ2n) is 7.69. The van der Waals surface area contributed by atoms with Gasteiger partial charge >= 0.3 is 0 Å². The summed E-state index contributed by atoms with van der Waals surface area (Å²) >= 11 is 0. The van der Waals surface area contributed by atoms with Crippen LogP contribution in [0.3, 0.4) is 0 Å². The van der Waals surface area contributed by atoms with Crippen LogP contribution in [0, 0.1) is 6.92 Å². The molecule has 1 aliphatic heterocycles. The maximum absolute atomic E-state index is 11.2. The summed E-state index contributed by atoms with van der Waals surface area (Å²) in [4.78, 5) is 18.3. The van der Waals surface area contributed by atoms with Gasteiger partial charge in [0.2, 0.25) is 5.91 Å². The molecule has 0 saturated carbocycles. The predicted octanol–water partition coefficient (Wildman–Crippen LogP) is 3.30. The van der Waals surface area contributed by atoms with E-state index in [2.05, 4.69) is 24.0 Å². The van der Waals surface area contributed by atoms with E-state index in [1.54, 1.807) is 14.2 Å². The summed E-state index contributed by atoms with van der Waals surface area (Å²) in [5.74, 6) is 1.85. The Balaban J connectivity index is 1.79. The van der Waals surface area contributed by atoms with E-state index in [4.69, 9.17) is 24.9 Å². The lowest BCUT2D eigenvalue weighted by Gasteiger charge is -2.19. The number of para-hydroxylation sites is 1. The summed E-state index contributed by atoms with van der Waals surface area (Å²) < 4.78 is 17.2. The predicted molar refractivity (Wildman–Crippen MR) is 120 cm³/mol. The summed E-state index contributed by atoms with van der Waals surface area (Å²) in [6, 6.07) is 12.1. The van der Waals surface area contributed by atoms with Crippen LogP contribution < -0.4 is 19.9 Å². The van der Waals surface area contributed by atoms with Crippen molar-refractivity contribution in [3.63, 3.8) is 0 Å². The minimum Gasteiger partial charge on any atom is -0.494 e. The second kappa shape index (κ2) is 8.81. The van der Waals surface area contributed by atoms with Crippen LogP contribution >= 0.6 is 0 Å². The van der Waals surface area contributed by atoms with Crippen LogP contribution in [0.5, 0.6) is 17.2 Å². The van der Waals surface area contributed by atoms with Gasteiger partial charge in [0.25, 0.3) is 0 Å². The largest absolute Gasteiger partial charge is 0.494 e. The maximum Gasteiger partial charge on any atom is 0.218 e. The van der Waals surface area contributed by atoms with Crippen molar-refractivity contribution in [2.24, 2.45) is 5.73 Å². The lowest BCUT2D eigenvalue weighted by Crippen LogP contribution is -2.29. The van der Waals surface area contributed by atoms with Gasteiger partial charge in [-0.15, -0.1) is 0 Å². The molecule has 0 unspecified atom stereocenters. The molecule has 7 nitrogen and oxygen atoms in total. The highest BCUT2D eigenvalue weighted by Crippen LogP contribution is 2.39. The van der Waals surface area contributed by atoms with Crippen molar-refractivity contribution in [3.8, 4) is 28.5 Å². The first-order chi connectivity index (χ1) is 15.0. The van der Waals surface area contributed by atoms with Crippen molar-refractivity contribution in [3.05, 3.63) is 47.5 Å². The number of aromatic nitrogens is 1. The second-order valence-corrected chi connectivity index (χ2v) is 7.69. The van der Waals surface area contributed by atoms with E-state index < -0.39 is 0 Å². The minimum atomic E-state index is -0.304. The van der Waals surface area contributed by atoms with Gasteiger partial charge in [0, 0.05) is 42.6 Å². The molecule has 0 saturated heterocycles. The van der Waals surface area contributed by atoms with Crippen LogP contribution in [0.25, 0.3) is 22.2 Å². The molecule has 2 N–H and O–H groups in total. The Morgan fingerprint density at radius 3 is 2.74 bits per heavy atom. The molecule has 0 fully saturated rings. The highest BCUT2D eigenvalue weighted by atomic mass is 16.5. The molecular formula is C24H27N3O4. The zero-order valence-electron chi connectivity index (χ0n) is 18.1. The number of nitrogens with two attached hydrogens (primary N) is 1.